The largest absolute Gasteiger partial charge is 0.518 e. The summed E-state index contributed by atoms with van der Waals surface area (Å²) in [6, 6.07) is 10.7. The number of hydrogen-bond acceptors (Lipinski definition) is 4. The summed E-state index contributed by atoms with van der Waals surface area (Å²) in [5.41, 5.74) is 1.64. The van der Waals surface area contributed by atoms with Gasteiger partial charge in [-0.3, -0.25) is 4.90 Å². The highest BCUT2D eigenvalue weighted by molar-refractivity contribution is 6.62. The van der Waals surface area contributed by atoms with E-state index in [2.05, 4.69) is 35.2 Å². The van der Waals surface area contributed by atoms with Crippen molar-refractivity contribution in [3.8, 4) is 0 Å². The third-order valence-electron chi connectivity index (χ3n) is 4.66. The normalized spacial score (nSPS) is 20.8. The van der Waals surface area contributed by atoms with Crippen LogP contribution in [-0.4, -0.2) is 53.8 Å². The highest BCUT2D eigenvalue weighted by Gasteiger charge is 2.50. The molecule has 1 atom stereocenters. The number of hydrogen-bond donors (Lipinski definition) is 0. The Kier molecular flexibility index (Phi) is 7.04. The Hall–Kier alpha value is -0.723. The van der Waals surface area contributed by atoms with Gasteiger partial charge in [0.15, 0.2) is 0 Å². The summed E-state index contributed by atoms with van der Waals surface area (Å²) in [5, 5.41) is 0. The lowest BCUT2D eigenvalue weighted by atomic mass is 10.1. The zero-order chi connectivity index (χ0) is 15.8. The molecule has 1 aromatic carbocycles. The molecule has 1 unspecified atom stereocenters. The topological polar surface area (TPSA) is 30.9 Å². The fourth-order valence-corrected chi connectivity index (χ4v) is 5.99. The summed E-state index contributed by atoms with van der Waals surface area (Å²) in [7, 11) is 2.54. The average molecular weight is 324 g/mol. The van der Waals surface area contributed by atoms with E-state index >= 15 is 0 Å². The summed E-state index contributed by atoms with van der Waals surface area (Å²) >= 11 is 0. The Morgan fingerprint density at radius 3 is 2.32 bits per heavy atom. The van der Waals surface area contributed by atoms with Crippen LogP contribution >= 0.6 is 0 Å². The molecule has 1 aliphatic heterocycles. The Morgan fingerprint density at radius 1 is 1.00 bits per heavy atom. The van der Waals surface area contributed by atoms with Crippen molar-refractivity contribution >= 4 is 8.80 Å². The summed E-state index contributed by atoms with van der Waals surface area (Å²) in [5.74, 6) is 0. The van der Waals surface area contributed by atoms with Crippen LogP contribution in [0.15, 0.2) is 30.3 Å². The first-order valence-electron chi connectivity index (χ1n) is 8.19. The van der Waals surface area contributed by atoms with Gasteiger partial charge in [-0.1, -0.05) is 43.2 Å². The summed E-state index contributed by atoms with van der Waals surface area (Å²) in [6.07, 6.45) is 5.89. The maximum absolute atomic E-state index is 5.77. The molecule has 0 aromatic heterocycles. The van der Waals surface area contributed by atoms with E-state index in [0.29, 0.717) is 0 Å². The van der Waals surface area contributed by atoms with Crippen molar-refractivity contribution in [3.05, 3.63) is 35.9 Å². The van der Waals surface area contributed by atoms with E-state index in [4.69, 9.17) is 13.3 Å². The molecule has 22 heavy (non-hydrogen) atoms. The first kappa shape index (κ1) is 17.6. The molecule has 0 N–H and O–H groups in total. The second kappa shape index (κ2) is 8.79. The molecule has 1 aliphatic rings. The molecule has 0 spiro atoms. The fraction of sp³-hybridized carbons (Fsp3) is 0.647. The lowest BCUT2D eigenvalue weighted by Gasteiger charge is -2.38. The van der Waals surface area contributed by atoms with Gasteiger partial charge in [0.2, 0.25) is 0 Å². The third kappa shape index (κ3) is 4.17. The third-order valence-corrected chi connectivity index (χ3v) is 7.83. The van der Waals surface area contributed by atoms with Crippen LogP contribution in [0.1, 0.15) is 31.2 Å². The standard InChI is InChI=1S/C17H29NO3Si/c1-19-22(20-2,21-3)17-12-8-5-9-14-18(17)15-13-16-10-6-4-7-11-16/h4,6-7,10-11,17H,5,8-9,12-15H2,1-3H3. The van der Waals surface area contributed by atoms with Crippen LogP contribution < -0.4 is 0 Å². The summed E-state index contributed by atoms with van der Waals surface area (Å²) in [4.78, 5) is 2.53. The minimum atomic E-state index is -2.62. The van der Waals surface area contributed by atoms with Crippen LogP contribution in [-0.2, 0) is 19.7 Å². The van der Waals surface area contributed by atoms with E-state index in [1.54, 1.807) is 21.3 Å². The highest BCUT2D eigenvalue weighted by Crippen LogP contribution is 2.26. The first-order valence-corrected chi connectivity index (χ1v) is 9.99. The molecular weight excluding hydrogens is 294 g/mol. The Balaban J connectivity index is 2.10. The van der Waals surface area contributed by atoms with Gasteiger partial charge in [-0.25, -0.2) is 0 Å². The predicted octanol–water partition coefficient (Wildman–Crippen LogP) is 2.89. The van der Waals surface area contributed by atoms with Crippen molar-refractivity contribution in [1.29, 1.82) is 0 Å². The van der Waals surface area contributed by atoms with Crippen molar-refractivity contribution < 1.29 is 13.3 Å². The number of benzene rings is 1. The maximum atomic E-state index is 5.77. The van der Waals surface area contributed by atoms with Crippen molar-refractivity contribution in [2.24, 2.45) is 0 Å². The van der Waals surface area contributed by atoms with E-state index < -0.39 is 8.80 Å². The molecule has 0 saturated carbocycles. The van der Waals surface area contributed by atoms with Crippen LogP contribution in [0, 0.1) is 0 Å². The van der Waals surface area contributed by atoms with Gasteiger partial charge in [0, 0.05) is 27.9 Å². The number of rotatable bonds is 7. The molecule has 1 fully saturated rings. The molecular formula is C17H29NO3Si. The molecule has 0 aliphatic carbocycles. The molecule has 5 heteroatoms. The first-order chi connectivity index (χ1) is 10.8. The zero-order valence-electron chi connectivity index (χ0n) is 14.1. The van der Waals surface area contributed by atoms with Gasteiger partial charge in [-0.05, 0) is 31.4 Å². The molecule has 0 radical (unpaired) electrons. The van der Waals surface area contributed by atoms with Crippen molar-refractivity contribution in [1.82, 2.24) is 4.90 Å². The average Bonchev–Trinajstić information content (AvgIpc) is 2.82. The van der Waals surface area contributed by atoms with Gasteiger partial charge < -0.3 is 13.3 Å². The highest BCUT2D eigenvalue weighted by atomic mass is 28.4. The second-order valence-electron chi connectivity index (χ2n) is 5.85. The number of nitrogens with zero attached hydrogens (tertiary/aromatic N) is 1. The van der Waals surface area contributed by atoms with E-state index in [-0.39, 0.29) is 5.67 Å². The molecule has 4 nitrogen and oxygen atoms in total. The molecule has 1 aromatic rings. The van der Waals surface area contributed by atoms with Crippen LogP contribution in [0.4, 0.5) is 0 Å². The minimum Gasteiger partial charge on any atom is -0.376 e. The summed E-state index contributed by atoms with van der Waals surface area (Å²) < 4.78 is 17.3. The monoisotopic (exact) mass is 323 g/mol. The van der Waals surface area contributed by atoms with Crippen molar-refractivity contribution in [2.45, 2.75) is 37.8 Å². The van der Waals surface area contributed by atoms with Gasteiger partial charge >= 0.3 is 8.80 Å². The van der Waals surface area contributed by atoms with Gasteiger partial charge in [0.25, 0.3) is 0 Å². The predicted molar refractivity (Wildman–Crippen MR) is 90.8 cm³/mol. The van der Waals surface area contributed by atoms with Crippen LogP contribution in [0.3, 0.4) is 0 Å². The second-order valence-corrected chi connectivity index (χ2v) is 8.95. The maximum Gasteiger partial charge on any atom is 0.518 e. The SMILES string of the molecule is CO[Si](OC)(OC)C1CCCCCN1CCc1ccccc1. The van der Waals surface area contributed by atoms with Crippen molar-refractivity contribution in [2.75, 3.05) is 34.4 Å². The van der Waals surface area contributed by atoms with Gasteiger partial charge in [-0.15, -0.1) is 0 Å². The van der Waals surface area contributed by atoms with E-state index in [1.165, 1.54) is 24.8 Å². The van der Waals surface area contributed by atoms with Crippen LogP contribution in [0.5, 0.6) is 0 Å². The van der Waals surface area contributed by atoms with Gasteiger partial charge in [0.05, 0.1) is 5.67 Å². The van der Waals surface area contributed by atoms with Gasteiger partial charge in [0.1, 0.15) is 0 Å². The molecule has 1 heterocycles. The minimum absolute atomic E-state index is 0.263. The lowest BCUT2D eigenvalue weighted by molar-refractivity contribution is 0.0741. The Bertz CT molecular complexity index is 417. The van der Waals surface area contributed by atoms with E-state index in [1.807, 2.05) is 0 Å². The van der Waals surface area contributed by atoms with Crippen LogP contribution in [0.25, 0.3) is 0 Å². The quantitative estimate of drug-likeness (QED) is 0.722. The van der Waals surface area contributed by atoms with Gasteiger partial charge in [-0.2, -0.15) is 0 Å². The van der Waals surface area contributed by atoms with E-state index in [0.717, 1.165) is 25.9 Å². The molecule has 124 valence electrons. The van der Waals surface area contributed by atoms with Crippen LogP contribution in [0.2, 0.25) is 0 Å². The van der Waals surface area contributed by atoms with E-state index in [9.17, 15) is 0 Å². The molecule has 2 rings (SSSR count). The Labute approximate surface area is 135 Å². The molecule has 1 saturated heterocycles. The Morgan fingerprint density at radius 2 is 1.68 bits per heavy atom. The smallest absolute Gasteiger partial charge is 0.376 e. The zero-order valence-corrected chi connectivity index (χ0v) is 15.1. The lowest BCUT2D eigenvalue weighted by Crippen LogP contribution is -2.61. The fourth-order valence-electron chi connectivity index (χ4n) is 3.41. The summed E-state index contributed by atoms with van der Waals surface area (Å²) in [6.45, 7) is 2.13. The number of likely N-dealkylation sites (tertiary alicyclic amines) is 1. The molecule has 0 bridgehead atoms. The van der Waals surface area contributed by atoms with Crippen molar-refractivity contribution in [3.63, 3.8) is 0 Å². The molecule has 0 amide bonds.